The van der Waals surface area contributed by atoms with Gasteiger partial charge >= 0.3 is 0 Å². The lowest BCUT2D eigenvalue weighted by Crippen LogP contribution is -1.93. The van der Waals surface area contributed by atoms with E-state index in [4.69, 9.17) is 5.10 Å². The van der Waals surface area contributed by atoms with Gasteiger partial charge in [-0.1, -0.05) is 54.6 Å². The van der Waals surface area contributed by atoms with Crippen LogP contribution in [0.4, 0.5) is 11.4 Å². The Hall–Kier alpha value is -4.26. The molecule has 7 heteroatoms. The molecule has 0 amide bonds. The van der Waals surface area contributed by atoms with Gasteiger partial charge in [-0.15, -0.1) is 0 Å². The predicted molar refractivity (Wildman–Crippen MR) is 113 cm³/mol. The molecule has 0 aliphatic heterocycles. The molecule has 4 rings (SSSR count). The molecule has 4 aromatic rings. The van der Waals surface area contributed by atoms with E-state index in [2.05, 4.69) is 10.5 Å². The van der Waals surface area contributed by atoms with Crippen molar-refractivity contribution in [2.24, 2.45) is 5.10 Å². The summed E-state index contributed by atoms with van der Waals surface area (Å²) in [5, 5.41) is 19.9. The number of benzene rings is 3. The van der Waals surface area contributed by atoms with E-state index in [0.29, 0.717) is 5.69 Å². The molecule has 0 spiro atoms. The summed E-state index contributed by atoms with van der Waals surface area (Å²) >= 11 is 0. The van der Waals surface area contributed by atoms with Crippen molar-refractivity contribution in [2.45, 2.75) is 0 Å². The fourth-order valence-corrected chi connectivity index (χ4v) is 2.88. The number of hydrogen-bond acceptors (Lipinski definition) is 5. The molecule has 7 nitrogen and oxygen atoms in total. The lowest BCUT2D eigenvalue weighted by molar-refractivity contribution is -0.384. The molecule has 0 unspecified atom stereocenters. The second-order valence-electron chi connectivity index (χ2n) is 6.26. The number of hydrazone groups is 1. The van der Waals surface area contributed by atoms with Gasteiger partial charge in [0.15, 0.2) is 0 Å². The minimum absolute atomic E-state index is 0.00655. The Balaban J connectivity index is 1.65. The number of rotatable bonds is 6. The molecular formula is C22H17N5O2. The van der Waals surface area contributed by atoms with Gasteiger partial charge < -0.3 is 0 Å². The zero-order valence-corrected chi connectivity index (χ0v) is 15.3. The zero-order valence-electron chi connectivity index (χ0n) is 15.3. The van der Waals surface area contributed by atoms with Gasteiger partial charge in [0.1, 0.15) is 5.69 Å². The third-order valence-corrected chi connectivity index (χ3v) is 4.26. The first-order valence-electron chi connectivity index (χ1n) is 8.95. The summed E-state index contributed by atoms with van der Waals surface area (Å²) in [6.45, 7) is 0. The number of non-ortho nitro benzene ring substituents is 1. The van der Waals surface area contributed by atoms with Crippen LogP contribution in [0.2, 0.25) is 0 Å². The number of hydrogen-bond donors (Lipinski definition) is 1. The molecule has 1 N–H and O–H groups in total. The highest BCUT2D eigenvalue weighted by Gasteiger charge is 2.11. The highest BCUT2D eigenvalue weighted by Crippen LogP contribution is 2.23. The number of para-hydroxylation sites is 1. The third-order valence-electron chi connectivity index (χ3n) is 4.26. The lowest BCUT2D eigenvalue weighted by atomic mass is 10.1. The summed E-state index contributed by atoms with van der Waals surface area (Å²) in [5.41, 5.74) is 6.91. The molecule has 1 heterocycles. The SMILES string of the molecule is O=[N+]([O-])c1cccc(NN=Cc2cn(-c3ccccc3)nc2-c2ccccc2)c1. The molecule has 3 aromatic carbocycles. The molecular weight excluding hydrogens is 366 g/mol. The first kappa shape index (κ1) is 18.1. The van der Waals surface area contributed by atoms with Crippen molar-refractivity contribution in [1.82, 2.24) is 9.78 Å². The van der Waals surface area contributed by atoms with Crippen LogP contribution < -0.4 is 5.43 Å². The molecule has 0 radical (unpaired) electrons. The standard InChI is InChI=1S/C22H17N5O2/c28-27(29)21-13-7-10-19(14-21)24-23-15-18-16-26(20-11-5-2-6-12-20)25-22(18)17-8-3-1-4-9-17/h1-16,24H. The summed E-state index contributed by atoms with van der Waals surface area (Å²) in [7, 11) is 0. The maximum absolute atomic E-state index is 10.9. The van der Waals surface area contributed by atoms with Crippen molar-refractivity contribution in [3.8, 4) is 16.9 Å². The molecule has 0 fully saturated rings. The molecule has 0 saturated carbocycles. The number of anilines is 1. The van der Waals surface area contributed by atoms with Gasteiger partial charge in [-0.2, -0.15) is 10.2 Å². The van der Waals surface area contributed by atoms with Crippen molar-refractivity contribution < 1.29 is 4.92 Å². The monoisotopic (exact) mass is 383 g/mol. The minimum atomic E-state index is -0.438. The molecule has 0 atom stereocenters. The molecule has 29 heavy (non-hydrogen) atoms. The highest BCUT2D eigenvalue weighted by atomic mass is 16.6. The summed E-state index contributed by atoms with van der Waals surface area (Å²) < 4.78 is 1.80. The van der Waals surface area contributed by atoms with Gasteiger partial charge in [0.2, 0.25) is 0 Å². The van der Waals surface area contributed by atoms with Gasteiger partial charge in [0.05, 0.1) is 22.5 Å². The quantitative estimate of drug-likeness (QED) is 0.292. The van der Waals surface area contributed by atoms with Crippen molar-refractivity contribution in [3.63, 3.8) is 0 Å². The average Bonchev–Trinajstić information content (AvgIpc) is 3.19. The first-order valence-corrected chi connectivity index (χ1v) is 8.95. The number of nitro benzene ring substituents is 1. The summed E-state index contributed by atoms with van der Waals surface area (Å²) in [5.74, 6) is 0. The Morgan fingerprint density at radius 3 is 2.41 bits per heavy atom. The number of aromatic nitrogens is 2. The lowest BCUT2D eigenvalue weighted by Gasteiger charge is -2.00. The summed E-state index contributed by atoms with van der Waals surface area (Å²) in [6.07, 6.45) is 3.56. The Morgan fingerprint density at radius 1 is 0.966 bits per heavy atom. The van der Waals surface area contributed by atoms with Crippen LogP contribution in [-0.4, -0.2) is 20.9 Å². The van der Waals surface area contributed by atoms with Crippen LogP contribution in [0.25, 0.3) is 16.9 Å². The molecule has 0 bridgehead atoms. The van der Waals surface area contributed by atoms with Crippen LogP contribution in [-0.2, 0) is 0 Å². The second kappa shape index (κ2) is 8.18. The first-order chi connectivity index (χ1) is 14.2. The number of nitro groups is 1. The van der Waals surface area contributed by atoms with E-state index in [1.165, 1.54) is 12.1 Å². The van der Waals surface area contributed by atoms with Gasteiger partial charge in [-0.05, 0) is 18.2 Å². The van der Waals surface area contributed by atoms with Crippen molar-refractivity contribution in [3.05, 3.63) is 107 Å². The molecule has 0 aliphatic rings. The summed E-state index contributed by atoms with van der Waals surface area (Å²) in [4.78, 5) is 10.5. The molecule has 1 aromatic heterocycles. The maximum Gasteiger partial charge on any atom is 0.271 e. The Labute approximate surface area is 167 Å². The van der Waals surface area contributed by atoms with E-state index in [0.717, 1.165) is 22.5 Å². The Bertz CT molecular complexity index is 1150. The van der Waals surface area contributed by atoms with Gasteiger partial charge in [-0.25, -0.2) is 4.68 Å². The van der Waals surface area contributed by atoms with Gasteiger partial charge in [0, 0.05) is 29.5 Å². The number of nitrogens with zero attached hydrogens (tertiary/aromatic N) is 4. The van der Waals surface area contributed by atoms with Gasteiger partial charge in [-0.3, -0.25) is 15.5 Å². The van der Waals surface area contributed by atoms with Crippen LogP contribution in [0.15, 0.2) is 96.2 Å². The normalized spacial score (nSPS) is 10.9. The third kappa shape index (κ3) is 4.19. The van der Waals surface area contributed by atoms with Crippen LogP contribution in [0, 0.1) is 10.1 Å². The maximum atomic E-state index is 10.9. The van der Waals surface area contributed by atoms with Crippen LogP contribution in [0.3, 0.4) is 0 Å². The summed E-state index contributed by atoms with van der Waals surface area (Å²) in [6, 6.07) is 25.9. The van der Waals surface area contributed by atoms with E-state index < -0.39 is 4.92 Å². The Kier molecular flexibility index (Phi) is 5.11. The largest absolute Gasteiger partial charge is 0.278 e. The van der Waals surface area contributed by atoms with E-state index >= 15 is 0 Å². The van der Waals surface area contributed by atoms with Gasteiger partial charge in [0.25, 0.3) is 5.69 Å². The molecule has 142 valence electrons. The molecule has 0 saturated heterocycles. The van der Waals surface area contributed by atoms with Crippen molar-refractivity contribution >= 4 is 17.6 Å². The zero-order chi connectivity index (χ0) is 20.1. The second-order valence-corrected chi connectivity index (χ2v) is 6.26. The number of nitrogens with one attached hydrogen (secondary N) is 1. The van der Waals surface area contributed by atoms with Crippen LogP contribution in [0.1, 0.15) is 5.56 Å². The van der Waals surface area contributed by atoms with E-state index in [1.807, 2.05) is 66.9 Å². The Morgan fingerprint density at radius 2 is 1.69 bits per heavy atom. The smallest absolute Gasteiger partial charge is 0.271 e. The van der Waals surface area contributed by atoms with E-state index in [1.54, 1.807) is 23.0 Å². The van der Waals surface area contributed by atoms with Crippen molar-refractivity contribution in [1.29, 1.82) is 0 Å². The van der Waals surface area contributed by atoms with Crippen molar-refractivity contribution in [2.75, 3.05) is 5.43 Å². The van der Waals surface area contributed by atoms with Crippen LogP contribution in [0.5, 0.6) is 0 Å². The minimum Gasteiger partial charge on any atom is -0.278 e. The topological polar surface area (TPSA) is 85.4 Å². The van der Waals surface area contributed by atoms with Crippen LogP contribution >= 0.6 is 0 Å². The highest BCUT2D eigenvalue weighted by molar-refractivity contribution is 5.89. The predicted octanol–water partition coefficient (Wildman–Crippen LogP) is 4.89. The average molecular weight is 383 g/mol. The fraction of sp³-hybridized carbons (Fsp3) is 0. The molecule has 0 aliphatic carbocycles. The van der Waals surface area contributed by atoms with E-state index in [9.17, 15) is 10.1 Å². The van der Waals surface area contributed by atoms with E-state index in [-0.39, 0.29) is 5.69 Å². The fourth-order valence-electron chi connectivity index (χ4n) is 2.88.